The van der Waals surface area contributed by atoms with Crippen molar-refractivity contribution in [1.82, 2.24) is 15.0 Å². The molecule has 0 saturated heterocycles. The first-order valence-electron chi connectivity index (χ1n) is 9.27. The summed E-state index contributed by atoms with van der Waals surface area (Å²) in [7, 11) is 0. The van der Waals surface area contributed by atoms with Crippen LogP contribution < -0.4 is 4.74 Å². The van der Waals surface area contributed by atoms with Gasteiger partial charge in [-0.25, -0.2) is 9.97 Å². The molecule has 1 unspecified atom stereocenters. The lowest BCUT2D eigenvalue weighted by Crippen LogP contribution is -2.13. The van der Waals surface area contributed by atoms with E-state index in [1.165, 1.54) is 0 Å². The third kappa shape index (κ3) is 4.02. The van der Waals surface area contributed by atoms with Crippen molar-refractivity contribution in [3.8, 4) is 11.8 Å². The van der Waals surface area contributed by atoms with Crippen LogP contribution in [0.2, 0.25) is 5.02 Å². The maximum atomic E-state index is 13.0. The molecule has 4 rings (SSSR count). The molecule has 0 aliphatic carbocycles. The van der Waals surface area contributed by atoms with Gasteiger partial charge in [0.1, 0.15) is 18.2 Å². The van der Waals surface area contributed by atoms with E-state index in [1.54, 1.807) is 42.6 Å². The summed E-state index contributed by atoms with van der Waals surface area (Å²) in [4.78, 5) is 24.6. The average molecular weight is 417 g/mol. The van der Waals surface area contributed by atoms with Crippen LogP contribution in [0.5, 0.6) is 5.75 Å². The fourth-order valence-corrected chi connectivity index (χ4v) is 3.21. The van der Waals surface area contributed by atoms with Crippen molar-refractivity contribution in [2.75, 3.05) is 0 Å². The fraction of sp³-hybridized carbons (Fsp3) is 0.130. The number of benzene rings is 2. The number of hydrogen-bond donors (Lipinski definition) is 1. The maximum absolute atomic E-state index is 13.0. The summed E-state index contributed by atoms with van der Waals surface area (Å²) in [5.41, 5.74) is 3.48. The van der Waals surface area contributed by atoms with Gasteiger partial charge in [-0.1, -0.05) is 35.9 Å². The number of rotatable bonds is 6. The topological polar surface area (TPSA) is 91.7 Å². The smallest absolute Gasteiger partial charge is 0.187 e. The number of nitriles is 1. The highest BCUT2D eigenvalue weighted by Crippen LogP contribution is 2.24. The highest BCUT2D eigenvalue weighted by molar-refractivity contribution is 6.30. The van der Waals surface area contributed by atoms with Crippen LogP contribution in [0.3, 0.4) is 0 Å². The predicted octanol–water partition coefficient (Wildman–Crippen LogP) is 4.99. The maximum Gasteiger partial charge on any atom is 0.187 e. The van der Waals surface area contributed by atoms with E-state index < -0.39 is 5.92 Å². The Morgan fingerprint density at radius 1 is 1.23 bits per heavy atom. The monoisotopic (exact) mass is 416 g/mol. The molecule has 4 aromatic rings. The third-order valence-electron chi connectivity index (χ3n) is 4.72. The zero-order chi connectivity index (χ0) is 21.1. The molecule has 6 nitrogen and oxygen atoms in total. The van der Waals surface area contributed by atoms with Gasteiger partial charge in [-0.3, -0.25) is 4.79 Å². The van der Waals surface area contributed by atoms with E-state index in [1.807, 2.05) is 25.1 Å². The summed E-state index contributed by atoms with van der Waals surface area (Å²) in [5, 5.41) is 10.3. The Balaban J connectivity index is 1.55. The number of ketones is 1. The minimum absolute atomic E-state index is 0.284. The molecule has 0 radical (unpaired) electrons. The van der Waals surface area contributed by atoms with Crippen LogP contribution in [0.25, 0.3) is 11.2 Å². The van der Waals surface area contributed by atoms with Gasteiger partial charge in [-0.2, -0.15) is 5.26 Å². The minimum Gasteiger partial charge on any atom is -0.489 e. The first-order valence-corrected chi connectivity index (χ1v) is 9.65. The quantitative estimate of drug-likeness (QED) is 0.447. The van der Waals surface area contributed by atoms with E-state index in [2.05, 4.69) is 21.0 Å². The number of carbonyl (C=O) groups excluding carboxylic acids is 1. The van der Waals surface area contributed by atoms with Gasteiger partial charge in [-0.15, -0.1) is 0 Å². The third-order valence-corrected chi connectivity index (χ3v) is 4.97. The summed E-state index contributed by atoms with van der Waals surface area (Å²) >= 11 is 5.90. The summed E-state index contributed by atoms with van der Waals surface area (Å²) in [6.07, 6.45) is 1.65. The van der Waals surface area contributed by atoms with E-state index in [4.69, 9.17) is 16.3 Å². The van der Waals surface area contributed by atoms with E-state index in [9.17, 15) is 10.1 Å². The normalized spacial score (nSPS) is 11.8. The van der Waals surface area contributed by atoms with Gasteiger partial charge < -0.3 is 9.72 Å². The Kier molecular flexibility index (Phi) is 5.46. The molecule has 0 aliphatic rings. The molecule has 2 aromatic carbocycles. The van der Waals surface area contributed by atoms with Crippen LogP contribution in [0, 0.1) is 18.3 Å². The van der Waals surface area contributed by atoms with Crippen LogP contribution in [0.1, 0.15) is 33.2 Å². The van der Waals surface area contributed by atoms with E-state index >= 15 is 0 Å². The lowest BCUT2D eigenvalue weighted by molar-refractivity contribution is 0.0976. The molecule has 1 atom stereocenters. The van der Waals surface area contributed by atoms with Crippen LogP contribution in [-0.4, -0.2) is 20.7 Å². The number of hydrogen-bond acceptors (Lipinski definition) is 5. The molecular formula is C23H17ClN4O2. The number of Topliss-reactive ketones (excluding diaryl/α,β-unsaturated/α-hetero) is 1. The number of ether oxygens (including phenoxy) is 1. The second-order valence-corrected chi connectivity index (χ2v) is 7.25. The molecule has 0 amide bonds. The largest absolute Gasteiger partial charge is 0.489 e. The minimum atomic E-state index is -1.06. The molecule has 0 aliphatic heterocycles. The van der Waals surface area contributed by atoms with Gasteiger partial charge in [0.25, 0.3) is 0 Å². The lowest BCUT2D eigenvalue weighted by atomic mass is 9.98. The second-order valence-electron chi connectivity index (χ2n) is 6.82. The lowest BCUT2D eigenvalue weighted by Gasteiger charge is -2.09. The van der Waals surface area contributed by atoms with Crippen LogP contribution in [0.4, 0.5) is 0 Å². The molecule has 1 N–H and O–H groups in total. The van der Waals surface area contributed by atoms with Crippen LogP contribution in [-0.2, 0) is 6.61 Å². The first-order chi connectivity index (χ1) is 14.5. The molecule has 0 saturated carbocycles. The molecule has 2 aromatic heterocycles. The number of aromatic amines is 1. The molecular weight excluding hydrogens is 400 g/mol. The molecule has 0 fully saturated rings. The number of H-pyrrole nitrogens is 1. The molecule has 148 valence electrons. The number of carbonyl (C=O) groups is 1. The highest BCUT2D eigenvalue weighted by atomic mass is 35.5. The van der Waals surface area contributed by atoms with E-state index in [0.29, 0.717) is 28.6 Å². The van der Waals surface area contributed by atoms with Crippen LogP contribution in [0.15, 0.2) is 60.8 Å². The van der Waals surface area contributed by atoms with Crippen molar-refractivity contribution in [3.05, 3.63) is 88.3 Å². The summed E-state index contributed by atoms with van der Waals surface area (Å²) in [6, 6.07) is 18.0. The van der Waals surface area contributed by atoms with Gasteiger partial charge in [0, 0.05) is 16.8 Å². The zero-order valence-corrected chi connectivity index (χ0v) is 16.8. The number of nitrogens with zero attached hydrogens (tertiary/aromatic N) is 3. The summed E-state index contributed by atoms with van der Waals surface area (Å²) < 4.78 is 5.79. The Labute approximate surface area is 178 Å². The summed E-state index contributed by atoms with van der Waals surface area (Å²) in [6.45, 7) is 2.25. The Morgan fingerprint density at radius 2 is 2.03 bits per heavy atom. The predicted molar refractivity (Wildman–Crippen MR) is 114 cm³/mol. The number of imidazole rings is 1. The highest BCUT2D eigenvalue weighted by Gasteiger charge is 2.26. The number of fused-ring (bicyclic) bond motifs is 1. The van der Waals surface area contributed by atoms with Crippen molar-refractivity contribution in [3.63, 3.8) is 0 Å². The van der Waals surface area contributed by atoms with Crippen molar-refractivity contribution in [2.45, 2.75) is 19.4 Å². The van der Waals surface area contributed by atoms with Gasteiger partial charge in [-0.05, 0) is 48.4 Å². The zero-order valence-electron chi connectivity index (χ0n) is 16.1. The molecule has 7 heteroatoms. The Bertz CT molecular complexity index is 1260. The van der Waals surface area contributed by atoms with Crippen molar-refractivity contribution in [1.29, 1.82) is 5.26 Å². The number of halogens is 1. The van der Waals surface area contributed by atoms with Crippen molar-refractivity contribution < 1.29 is 9.53 Å². The van der Waals surface area contributed by atoms with Gasteiger partial charge in [0.2, 0.25) is 0 Å². The standard InChI is InChI=1S/C23H17ClN4O2/c1-14-9-10-26-23-20(14)27-22(28-23)19(12-25)21(29)16-3-2-4-18(11-16)30-13-15-5-7-17(24)8-6-15/h2-11,19H,13H2,1H3,(H,26,27,28). The first kappa shape index (κ1) is 19.6. The molecule has 2 heterocycles. The SMILES string of the molecule is Cc1ccnc2nc(C(C#N)C(=O)c3cccc(OCc4ccc(Cl)cc4)c3)[nH]c12. The average Bonchev–Trinajstić information content (AvgIpc) is 3.19. The van der Waals surface area contributed by atoms with Gasteiger partial charge in [0.15, 0.2) is 17.3 Å². The molecule has 30 heavy (non-hydrogen) atoms. The van der Waals surface area contributed by atoms with Crippen molar-refractivity contribution >= 4 is 28.5 Å². The Morgan fingerprint density at radius 3 is 2.77 bits per heavy atom. The fourth-order valence-electron chi connectivity index (χ4n) is 3.09. The molecule has 0 bridgehead atoms. The molecule has 0 spiro atoms. The number of pyridine rings is 1. The van der Waals surface area contributed by atoms with E-state index in [-0.39, 0.29) is 11.6 Å². The number of nitrogens with one attached hydrogen (secondary N) is 1. The van der Waals surface area contributed by atoms with Gasteiger partial charge in [0.05, 0.1) is 11.6 Å². The Hall–Kier alpha value is -3.69. The second kappa shape index (κ2) is 8.36. The van der Waals surface area contributed by atoms with Crippen molar-refractivity contribution in [2.24, 2.45) is 0 Å². The van der Waals surface area contributed by atoms with Gasteiger partial charge >= 0.3 is 0 Å². The van der Waals surface area contributed by atoms with E-state index in [0.717, 1.165) is 16.6 Å². The number of aryl methyl sites for hydroxylation is 1. The summed E-state index contributed by atoms with van der Waals surface area (Å²) in [5.74, 6) is -0.599. The number of aromatic nitrogens is 3. The van der Waals surface area contributed by atoms with Crippen LogP contribution >= 0.6 is 11.6 Å².